The lowest BCUT2D eigenvalue weighted by Gasteiger charge is -2.01. The van der Waals surface area contributed by atoms with Crippen molar-refractivity contribution in [3.05, 3.63) is 34.5 Å². The molecule has 0 aliphatic heterocycles. The molecule has 0 bridgehead atoms. The summed E-state index contributed by atoms with van der Waals surface area (Å²) in [6.45, 7) is 1.68. The third-order valence-corrected chi connectivity index (χ3v) is 5.05. The average Bonchev–Trinajstić information content (AvgIpc) is 2.95. The highest BCUT2D eigenvalue weighted by Crippen LogP contribution is 2.20. The van der Waals surface area contributed by atoms with Crippen molar-refractivity contribution in [1.29, 1.82) is 0 Å². The predicted octanol–water partition coefficient (Wildman–Crippen LogP) is 1.22. The molecular weight excluding hydrogens is 292 g/mol. The Bertz CT molecular complexity index is 701. The van der Waals surface area contributed by atoms with Gasteiger partial charge in [-0.15, -0.1) is 11.3 Å². The molecule has 0 amide bonds. The van der Waals surface area contributed by atoms with Crippen LogP contribution in [-0.2, 0) is 16.6 Å². The fourth-order valence-corrected chi connectivity index (χ4v) is 3.51. The maximum atomic E-state index is 11.9. The molecular formula is C10H10N2O5S2. The van der Waals surface area contributed by atoms with Gasteiger partial charge in [0.25, 0.3) is 0 Å². The molecule has 102 valence electrons. The Labute approximate surface area is 112 Å². The van der Waals surface area contributed by atoms with Crippen LogP contribution in [0.25, 0.3) is 0 Å². The molecule has 0 radical (unpaired) electrons. The Balaban J connectivity index is 2.11. The molecule has 0 spiro atoms. The van der Waals surface area contributed by atoms with Gasteiger partial charge in [0.2, 0.25) is 10.0 Å². The zero-order valence-electron chi connectivity index (χ0n) is 9.78. The number of aromatic carboxylic acids is 1. The van der Waals surface area contributed by atoms with Crippen LogP contribution in [0, 0.1) is 6.92 Å². The second-order valence-electron chi connectivity index (χ2n) is 3.71. The number of carboxylic acid groups (broad SMARTS) is 1. The van der Waals surface area contributed by atoms with Crippen molar-refractivity contribution < 1.29 is 22.8 Å². The summed E-state index contributed by atoms with van der Waals surface area (Å²) in [6, 6.07) is 2.73. The molecule has 7 nitrogen and oxygen atoms in total. The highest BCUT2D eigenvalue weighted by molar-refractivity contribution is 7.91. The normalized spacial score (nSPS) is 11.6. The minimum absolute atomic E-state index is 0.0139. The second kappa shape index (κ2) is 5.11. The Morgan fingerprint density at radius 1 is 1.53 bits per heavy atom. The second-order valence-corrected chi connectivity index (χ2v) is 6.62. The summed E-state index contributed by atoms with van der Waals surface area (Å²) >= 11 is 0.850. The molecule has 2 N–H and O–H groups in total. The van der Waals surface area contributed by atoms with Crippen LogP contribution >= 0.6 is 11.3 Å². The summed E-state index contributed by atoms with van der Waals surface area (Å²) in [7, 11) is -3.74. The van der Waals surface area contributed by atoms with Gasteiger partial charge in [-0.3, -0.25) is 0 Å². The van der Waals surface area contributed by atoms with Gasteiger partial charge in [0.1, 0.15) is 9.97 Å². The van der Waals surface area contributed by atoms with Crippen molar-refractivity contribution in [2.75, 3.05) is 0 Å². The maximum absolute atomic E-state index is 11.9. The number of sulfonamides is 1. The van der Waals surface area contributed by atoms with Crippen LogP contribution in [0.4, 0.5) is 0 Å². The third kappa shape index (κ3) is 3.19. The van der Waals surface area contributed by atoms with E-state index in [9.17, 15) is 13.2 Å². The Kier molecular flexibility index (Phi) is 3.69. The standard InChI is InChI=1S/C10H10N2O5S2/c1-6-2-8(12-17-6)4-11-19(15,16)9-3-7(5-18-9)10(13)14/h2-3,5,11H,4H2,1H3,(H,13,14). The van der Waals surface area contributed by atoms with Gasteiger partial charge < -0.3 is 9.63 Å². The highest BCUT2D eigenvalue weighted by atomic mass is 32.2. The SMILES string of the molecule is Cc1cc(CNS(=O)(=O)c2cc(C(=O)O)cs2)no1. The molecule has 2 heterocycles. The van der Waals surface area contributed by atoms with Gasteiger partial charge in [-0.05, 0) is 13.0 Å². The van der Waals surface area contributed by atoms with E-state index in [1.165, 1.54) is 5.38 Å². The van der Waals surface area contributed by atoms with E-state index in [1.54, 1.807) is 13.0 Å². The van der Waals surface area contributed by atoms with Gasteiger partial charge in [-0.1, -0.05) is 5.16 Å². The van der Waals surface area contributed by atoms with Crippen molar-refractivity contribution in [2.45, 2.75) is 17.7 Å². The van der Waals surface area contributed by atoms with Gasteiger partial charge in [0, 0.05) is 11.4 Å². The lowest BCUT2D eigenvalue weighted by Crippen LogP contribution is -2.22. The molecule has 0 atom stereocenters. The number of carboxylic acids is 1. The molecule has 0 saturated heterocycles. The molecule has 9 heteroatoms. The molecule has 0 unspecified atom stereocenters. The van der Waals surface area contributed by atoms with Gasteiger partial charge in [-0.2, -0.15) is 0 Å². The molecule has 0 fully saturated rings. The maximum Gasteiger partial charge on any atom is 0.336 e. The zero-order valence-corrected chi connectivity index (χ0v) is 11.4. The number of carbonyl (C=O) groups is 1. The van der Waals surface area contributed by atoms with Gasteiger partial charge >= 0.3 is 5.97 Å². The number of hydrogen-bond donors (Lipinski definition) is 2. The summed E-state index contributed by atoms with van der Waals surface area (Å²) in [5.41, 5.74) is 0.402. The Hall–Kier alpha value is -1.71. The summed E-state index contributed by atoms with van der Waals surface area (Å²) in [5, 5.41) is 13.7. The first-order valence-corrected chi connectivity index (χ1v) is 7.48. The van der Waals surface area contributed by atoms with E-state index in [4.69, 9.17) is 9.63 Å². The quantitative estimate of drug-likeness (QED) is 0.859. The van der Waals surface area contributed by atoms with E-state index in [-0.39, 0.29) is 16.3 Å². The number of nitrogens with one attached hydrogen (secondary N) is 1. The predicted molar refractivity (Wildman–Crippen MR) is 66.5 cm³/mol. The zero-order chi connectivity index (χ0) is 14.0. The summed E-state index contributed by atoms with van der Waals surface area (Å²) in [5.74, 6) is -0.580. The third-order valence-electron chi connectivity index (χ3n) is 2.21. The first kappa shape index (κ1) is 13.7. The topological polar surface area (TPSA) is 110 Å². The molecule has 0 aliphatic carbocycles. The van der Waals surface area contributed by atoms with Gasteiger partial charge in [0.05, 0.1) is 17.8 Å². The monoisotopic (exact) mass is 302 g/mol. The summed E-state index contributed by atoms with van der Waals surface area (Å²) in [4.78, 5) is 10.7. The molecule has 2 aromatic heterocycles. The van der Waals surface area contributed by atoms with Crippen molar-refractivity contribution in [3.8, 4) is 0 Å². The number of nitrogens with zero attached hydrogens (tertiary/aromatic N) is 1. The van der Waals surface area contributed by atoms with Gasteiger partial charge in [-0.25, -0.2) is 17.9 Å². The lowest BCUT2D eigenvalue weighted by atomic mass is 10.4. The van der Waals surface area contributed by atoms with Crippen LogP contribution < -0.4 is 4.72 Å². The number of rotatable bonds is 5. The molecule has 0 aromatic carbocycles. The first-order valence-electron chi connectivity index (χ1n) is 5.12. The smallest absolute Gasteiger partial charge is 0.336 e. The molecule has 2 aromatic rings. The molecule has 19 heavy (non-hydrogen) atoms. The summed E-state index contributed by atoms with van der Waals surface area (Å²) < 4.78 is 30.9. The van der Waals surface area contributed by atoms with Crippen molar-refractivity contribution in [1.82, 2.24) is 9.88 Å². The minimum Gasteiger partial charge on any atom is -0.478 e. The largest absolute Gasteiger partial charge is 0.478 e. The Morgan fingerprint density at radius 3 is 2.79 bits per heavy atom. The number of hydrogen-bond acceptors (Lipinski definition) is 6. The van der Waals surface area contributed by atoms with Crippen molar-refractivity contribution >= 4 is 27.3 Å². The molecule has 0 saturated carbocycles. The Morgan fingerprint density at radius 2 is 2.26 bits per heavy atom. The molecule has 2 rings (SSSR count). The van der Waals surface area contributed by atoms with E-state index >= 15 is 0 Å². The van der Waals surface area contributed by atoms with E-state index in [0.29, 0.717) is 11.5 Å². The fraction of sp³-hybridized carbons (Fsp3) is 0.200. The summed E-state index contributed by atoms with van der Waals surface area (Å²) in [6.07, 6.45) is 0. The average molecular weight is 302 g/mol. The highest BCUT2D eigenvalue weighted by Gasteiger charge is 2.19. The van der Waals surface area contributed by atoms with E-state index in [2.05, 4.69) is 9.88 Å². The van der Waals surface area contributed by atoms with Gasteiger partial charge in [0.15, 0.2) is 0 Å². The van der Waals surface area contributed by atoms with E-state index in [0.717, 1.165) is 17.4 Å². The number of aryl methyl sites for hydroxylation is 1. The number of thiophene rings is 1. The van der Waals surface area contributed by atoms with E-state index < -0.39 is 16.0 Å². The first-order chi connectivity index (χ1) is 8.88. The van der Waals surface area contributed by atoms with Crippen LogP contribution in [0.1, 0.15) is 21.8 Å². The van der Waals surface area contributed by atoms with E-state index in [1.807, 2.05) is 0 Å². The van der Waals surface area contributed by atoms with Crippen molar-refractivity contribution in [3.63, 3.8) is 0 Å². The van der Waals surface area contributed by atoms with Crippen molar-refractivity contribution in [2.24, 2.45) is 0 Å². The fourth-order valence-electron chi connectivity index (χ4n) is 1.31. The molecule has 0 aliphatic rings. The minimum atomic E-state index is -3.74. The lowest BCUT2D eigenvalue weighted by molar-refractivity contribution is 0.0697. The van der Waals surface area contributed by atoms with Crippen LogP contribution in [-0.4, -0.2) is 24.7 Å². The van der Waals surface area contributed by atoms with Crippen LogP contribution in [0.15, 0.2) is 26.2 Å². The van der Waals surface area contributed by atoms with Crippen LogP contribution in [0.3, 0.4) is 0 Å². The number of aromatic nitrogens is 1. The van der Waals surface area contributed by atoms with Crippen LogP contribution in [0.5, 0.6) is 0 Å². The van der Waals surface area contributed by atoms with Crippen LogP contribution in [0.2, 0.25) is 0 Å².